The van der Waals surface area contributed by atoms with Gasteiger partial charge in [0.1, 0.15) is 0 Å². The normalized spacial score (nSPS) is 12.0. The van der Waals surface area contributed by atoms with Gasteiger partial charge in [-0.3, -0.25) is 0 Å². The van der Waals surface area contributed by atoms with Crippen molar-refractivity contribution in [2.45, 2.75) is 0 Å². The number of hydrogen-bond donors (Lipinski definition) is 0. The molecule has 14 rings (SSSR count). The topological polar surface area (TPSA) is 14.8 Å². The first-order chi connectivity index (χ1) is 34.7. The largest absolute Gasteiger partial charge is 0.309 e. The molecule has 0 saturated carbocycles. The number of benzene rings is 11. The molecule has 3 nitrogen and oxygen atoms in total. The Kier molecular flexibility index (Phi) is 9.23. The fraction of sp³-hybridized carbons (Fsp3) is 0. The highest BCUT2D eigenvalue weighted by molar-refractivity contribution is 7.19. The van der Waals surface area contributed by atoms with Crippen LogP contribution in [-0.4, -0.2) is 21.8 Å². The van der Waals surface area contributed by atoms with Gasteiger partial charge in [0.25, 0.3) is 0 Å². The molecule has 0 aliphatic carbocycles. The van der Waals surface area contributed by atoms with E-state index in [9.17, 15) is 0 Å². The van der Waals surface area contributed by atoms with Crippen LogP contribution in [0.1, 0.15) is 0 Å². The molecule has 0 radical (unpaired) electrons. The van der Waals surface area contributed by atoms with E-state index >= 15 is 0 Å². The summed E-state index contributed by atoms with van der Waals surface area (Å²) in [6.45, 7) is 0. The summed E-state index contributed by atoms with van der Waals surface area (Å²) in [4.78, 5) is 0. The average molecular weight is 908 g/mol. The third-order valence-electron chi connectivity index (χ3n) is 14.8. The summed E-state index contributed by atoms with van der Waals surface area (Å²) in [6, 6.07) is 101. The van der Waals surface area contributed by atoms with Gasteiger partial charge in [-0.2, -0.15) is 0 Å². The van der Waals surface area contributed by atoms with E-state index in [1.54, 1.807) is 0 Å². The Morgan fingerprint density at radius 2 is 0.529 bits per heavy atom. The number of para-hydroxylation sites is 4. The number of hydrogen-bond acceptors (Lipinski definition) is 0. The Balaban J connectivity index is 0.924. The summed E-state index contributed by atoms with van der Waals surface area (Å²) >= 11 is 0. The lowest BCUT2D eigenvalue weighted by Crippen LogP contribution is -2.74. The van der Waals surface area contributed by atoms with Crippen molar-refractivity contribution in [3.63, 3.8) is 0 Å². The van der Waals surface area contributed by atoms with Gasteiger partial charge in [-0.05, 0) is 105 Å². The molecule has 11 aromatic carbocycles. The highest BCUT2D eigenvalue weighted by Crippen LogP contribution is 2.40. The van der Waals surface area contributed by atoms with Crippen molar-refractivity contribution in [3.8, 4) is 28.2 Å². The third-order valence-corrected chi connectivity index (χ3v) is 19.6. The number of rotatable bonds is 8. The Labute approximate surface area is 407 Å². The van der Waals surface area contributed by atoms with Crippen molar-refractivity contribution < 1.29 is 0 Å². The van der Waals surface area contributed by atoms with Gasteiger partial charge in [0, 0.05) is 49.4 Å². The first kappa shape index (κ1) is 40.1. The summed E-state index contributed by atoms with van der Waals surface area (Å²) in [5, 5.41) is 12.9. The standard InChI is InChI=1S/C66H45N3Si/c1-5-19-48(20-6-1)68-61-30-16-13-27-55(61)58-40-33-46(43-65(58)68)47-34-41-59-56-28-14-17-31-62(56)69(66(59)44-47)50-37-42-64-60(45-50)57-29-15-18-32-63(57)67(64)49-35-38-54(39-36-49)70(51-21-7-2-8-22-51,52-23-9-3-10-24-52)53-25-11-4-12-26-53/h1-45H. The Morgan fingerprint density at radius 3 is 1.01 bits per heavy atom. The zero-order valence-electron chi connectivity index (χ0n) is 38.3. The van der Waals surface area contributed by atoms with Crippen molar-refractivity contribution in [1.82, 2.24) is 13.7 Å². The molecular formula is C66H45N3Si. The monoisotopic (exact) mass is 907 g/mol. The predicted octanol–water partition coefficient (Wildman–Crippen LogP) is 14.0. The van der Waals surface area contributed by atoms with Crippen LogP contribution in [0.25, 0.3) is 93.6 Å². The van der Waals surface area contributed by atoms with Gasteiger partial charge < -0.3 is 13.7 Å². The molecule has 0 atom stereocenters. The Hall–Kier alpha value is -8.96. The maximum absolute atomic E-state index is 2.67. The summed E-state index contributed by atoms with van der Waals surface area (Å²) in [5.74, 6) is 0. The van der Waals surface area contributed by atoms with E-state index in [0.29, 0.717) is 0 Å². The van der Waals surface area contributed by atoms with Gasteiger partial charge >= 0.3 is 0 Å². The quantitative estimate of drug-likeness (QED) is 0.107. The fourth-order valence-corrected chi connectivity index (χ4v) is 16.5. The summed E-state index contributed by atoms with van der Waals surface area (Å²) in [5.41, 5.74) is 13.0. The van der Waals surface area contributed by atoms with Crippen LogP contribution in [0.2, 0.25) is 0 Å². The second-order valence-electron chi connectivity index (χ2n) is 18.5. The molecule has 0 spiro atoms. The van der Waals surface area contributed by atoms with Crippen molar-refractivity contribution >= 4 is 94.2 Å². The van der Waals surface area contributed by atoms with Crippen LogP contribution in [0, 0.1) is 0 Å². The van der Waals surface area contributed by atoms with Crippen molar-refractivity contribution in [1.29, 1.82) is 0 Å². The number of nitrogens with zero attached hydrogens (tertiary/aromatic N) is 3. The molecule has 3 aromatic heterocycles. The van der Waals surface area contributed by atoms with E-state index in [1.165, 1.54) is 97.3 Å². The van der Waals surface area contributed by atoms with E-state index in [4.69, 9.17) is 0 Å². The second-order valence-corrected chi connectivity index (χ2v) is 22.3. The van der Waals surface area contributed by atoms with Crippen LogP contribution in [0.5, 0.6) is 0 Å². The molecule has 0 N–H and O–H groups in total. The zero-order valence-corrected chi connectivity index (χ0v) is 39.3. The van der Waals surface area contributed by atoms with E-state index in [-0.39, 0.29) is 0 Å². The van der Waals surface area contributed by atoms with Crippen LogP contribution in [-0.2, 0) is 0 Å². The minimum atomic E-state index is -2.67. The zero-order chi connectivity index (χ0) is 46.2. The van der Waals surface area contributed by atoms with Crippen LogP contribution in [0.15, 0.2) is 273 Å². The molecule has 4 heteroatoms. The third kappa shape index (κ3) is 6.07. The molecule has 0 unspecified atom stereocenters. The van der Waals surface area contributed by atoms with E-state index < -0.39 is 8.07 Å². The van der Waals surface area contributed by atoms with Gasteiger partial charge in [-0.1, -0.05) is 200 Å². The number of fused-ring (bicyclic) bond motifs is 9. The van der Waals surface area contributed by atoms with Crippen LogP contribution in [0.4, 0.5) is 0 Å². The second kappa shape index (κ2) is 16.1. The van der Waals surface area contributed by atoms with Gasteiger partial charge in [-0.25, -0.2) is 0 Å². The molecule has 3 heterocycles. The van der Waals surface area contributed by atoms with Crippen molar-refractivity contribution in [3.05, 3.63) is 273 Å². The maximum Gasteiger partial charge on any atom is 0.179 e. The van der Waals surface area contributed by atoms with E-state index in [1.807, 2.05) is 0 Å². The molecular weight excluding hydrogens is 863 g/mol. The molecule has 0 amide bonds. The first-order valence-electron chi connectivity index (χ1n) is 24.2. The highest BCUT2D eigenvalue weighted by atomic mass is 28.3. The molecule has 328 valence electrons. The Morgan fingerprint density at radius 1 is 0.200 bits per heavy atom. The fourth-order valence-electron chi connectivity index (χ4n) is 11.7. The van der Waals surface area contributed by atoms with Crippen LogP contribution in [0.3, 0.4) is 0 Å². The van der Waals surface area contributed by atoms with Gasteiger partial charge in [-0.15, -0.1) is 0 Å². The minimum Gasteiger partial charge on any atom is -0.309 e. The van der Waals surface area contributed by atoms with Gasteiger partial charge in [0.05, 0.1) is 33.1 Å². The molecule has 0 aliphatic rings. The van der Waals surface area contributed by atoms with Crippen molar-refractivity contribution in [2.75, 3.05) is 0 Å². The predicted molar refractivity (Wildman–Crippen MR) is 299 cm³/mol. The minimum absolute atomic E-state index is 1.14. The summed E-state index contributed by atoms with van der Waals surface area (Å²) in [7, 11) is -2.67. The molecule has 70 heavy (non-hydrogen) atoms. The van der Waals surface area contributed by atoms with Crippen molar-refractivity contribution in [2.24, 2.45) is 0 Å². The van der Waals surface area contributed by atoms with E-state index in [2.05, 4.69) is 287 Å². The average Bonchev–Trinajstić information content (AvgIpc) is 4.07. The summed E-state index contributed by atoms with van der Waals surface area (Å²) in [6.07, 6.45) is 0. The van der Waals surface area contributed by atoms with Gasteiger partial charge in [0.2, 0.25) is 0 Å². The van der Waals surface area contributed by atoms with Gasteiger partial charge in [0.15, 0.2) is 8.07 Å². The van der Waals surface area contributed by atoms with Crippen LogP contribution < -0.4 is 20.7 Å². The number of aromatic nitrogens is 3. The smallest absolute Gasteiger partial charge is 0.179 e. The first-order valence-corrected chi connectivity index (χ1v) is 26.2. The maximum atomic E-state index is 2.47. The van der Waals surface area contributed by atoms with Crippen LogP contribution >= 0.6 is 0 Å². The highest BCUT2D eigenvalue weighted by Gasteiger charge is 2.41. The molecule has 0 saturated heterocycles. The Bertz CT molecular complexity index is 4170. The lowest BCUT2D eigenvalue weighted by atomic mass is 10.0. The SMILES string of the molecule is c1ccc(-n2c3ccccc3c3ccc(-c4ccc5c6ccccc6n(-c6ccc7c(c6)c6ccccc6n7-c6ccc([Si](c7ccccc7)(c7ccccc7)c7ccccc7)cc6)c5c4)cc32)cc1. The lowest BCUT2D eigenvalue weighted by molar-refractivity contribution is 1.17. The van der Waals surface area contributed by atoms with E-state index in [0.717, 1.165) is 17.1 Å². The summed E-state index contributed by atoms with van der Waals surface area (Å²) < 4.78 is 7.32. The molecule has 0 bridgehead atoms. The lowest BCUT2D eigenvalue weighted by Gasteiger charge is -2.34. The molecule has 0 fully saturated rings. The molecule has 14 aromatic rings. The molecule has 0 aliphatic heterocycles.